The average molecular weight is 243 g/mol. The zero-order valence-corrected chi connectivity index (χ0v) is 10.7. The quantitative estimate of drug-likeness (QED) is 0.599. The van der Waals surface area contributed by atoms with Gasteiger partial charge in [-0.15, -0.1) is 5.10 Å². The highest BCUT2D eigenvalue weighted by Gasteiger charge is 2.03. The second-order valence-electron chi connectivity index (χ2n) is 2.44. The first-order chi connectivity index (χ1) is 7.68. The van der Waals surface area contributed by atoms with Gasteiger partial charge >= 0.3 is 0 Å². The molecule has 0 amide bonds. The molecule has 3 N–H and O–H groups in total. The van der Waals surface area contributed by atoms with Gasteiger partial charge in [0.1, 0.15) is 5.82 Å². The zero-order chi connectivity index (χ0) is 12.7. The first-order valence-corrected chi connectivity index (χ1v) is 5.73. The number of aryl methyl sites for hydroxylation is 1. The van der Waals surface area contributed by atoms with Crippen LogP contribution in [0.15, 0.2) is 11.0 Å². The molecule has 16 heavy (non-hydrogen) atoms. The van der Waals surface area contributed by atoms with Crippen molar-refractivity contribution in [3.8, 4) is 0 Å². The molecule has 0 aliphatic heterocycles. The first-order valence-electron chi connectivity index (χ1n) is 4.83. The highest BCUT2D eigenvalue weighted by molar-refractivity contribution is 7.79. The molecule has 0 radical (unpaired) electrons. The van der Waals surface area contributed by atoms with E-state index in [4.69, 9.17) is 5.73 Å². The number of hydrogen-bond donors (Lipinski definition) is 3. The molecule has 0 spiro atoms. The molecule has 2 aromatic heterocycles. The van der Waals surface area contributed by atoms with Crippen LogP contribution in [0.2, 0.25) is 0 Å². The molecule has 2 rings (SSSR count). The summed E-state index contributed by atoms with van der Waals surface area (Å²) in [4.78, 5) is 17.5. The Hall–Kier alpha value is -1.50. The van der Waals surface area contributed by atoms with E-state index in [1.807, 2.05) is 13.8 Å². The van der Waals surface area contributed by atoms with E-state index in [1.165, 1.54) is 10.7 Å². The van der Waals surface area contributed by atoms with Gasteiger partial charge in [-0.05, 0) is 13.2 Å². The summed E-state index contributed by atoms with van der Waals surface area (Å²) >= 11 is 3.53. The zero-order valence-electron chi connectivity index (χ0n) is 9.85. The van der Waals surface area contributed by atoms with E-state index >= 15 is 0 Å². The summed E-state index contributed by atoms with van der Waals surface area (Å²) in [5, 5.41) is 3.87. The number of nitrogens with zero attached hydrogens (tertiary/aromatic N) is 3. The highest BCUT2D eigenvalue weighted by atomic mass is 32.1. The predicted octanol–water partition coefficient (Wildman–Crippen LogP) is 0.880. The van der Waals surface area contributed by atoms with E-state index < -0.39 is 0 Å². The van der Waals surface area contributed by atoms with Gasteiger partial charge in [0.2, 0.25) is 5.95 Å². The molecule has 0 saturated carbocycles. The molecule has 2 aromatic rings. The normalized spacial score (nSPS) is 8.81. The molecule has 2 heterocycles. The van der Waals surface area contributed by atoms with Crippen molar-refractivity contribution in [3.05, 3.63) is 22.4 Å². The van der Waals surface area contributed by atoms with Crippen molar-refractivity contribution < 1.29 is 0 Å². The lowest BCUT2D eigenvalue weighted by atomic mass is 10.6. The van der Waals surface area contributed by atoms with Crippen molar-refractivity contribution in [2.45, 2.75) is 20.8 Å². The number of rotatable bonds is 0. The van der Waals surface area contributed by atoms with Crippen molar-refractivity contribution in [2.24, 2.45) is 0 Å². The van der Waals surface area contributed by atoms with Crippen molar-refractivity contribution in [2.75, 3.05) is 12.0 Å². The maximum absolute atomic E-state index is 11.2. The van der Waals surface area contributed by atoms with Crippen LogP contribution in [0, 0.1) is 6.92 Å². The van der Waals surface area contributed by atoms with Gasteiger partial charge in [0, 0.05) is 0 Å². The second kappa shape index (κ2) is 6.89. The fourth-order valence-corrected chi connectivity index (χ4v) is 1.03. The van der Waals surface area contributed by atoms with Crippen molar-refractivity contribution in [3.63, 3.8) is 0 Å². The lowest BCUT2D eigenvalue weighted by Gasteiger charge is -1.94. The number of hydrogen-bond acceptors (Lipinski definition) is 5. The fraction of sp³-hybridized carbons (Fsp3) is 0.444. The minimum atomic E-state index is -0.275. The lowest BCUT2D eigenvalue weighted by Crippen LogP contribution is -2.15. The first kappa shape index (κ1) is 14.5. The Morgan fingerprint density at radius 1 is 1.44 bits per heavy atom. The van der Waals surface area contributed by atoms with E-state index in [-0.39, 0.29) is 11.5 Å². The van der Waals surface area contributed by atoms with E-state index in [9.17, 15) is 4.79 Å². The van der Waals surface area contributed by atoms with Gasteiger partial charge < -0.3 is 5.73 Å². The Morgan fingerprint density at radius 3 is 2.56 bits per heavy atom. The Morgan fingerprint density at radius 2 is 2.00 bits per heavy atom. The van der Waals surface area contributed by atoms with E-state index in [2.05, 4.69) is 27.7 Å². The molecule has 0 bridgehead atoms. The number of fused-ring (bicyclic) bond motifs is 1. The van der Waals surface area contributed by atoms with Crippen LogP contribution in [-0.4, -0.2) is 25.8 Å². The summed E-state index contributed by atoms with van der Waals surface area (Å²) < 4.78 is 1.41. The van der Waals surface area contributed by atoms with E-state index in [1.54, 1.807) is 13.2 Å². The SMILES string of the molecule is CC.CS.Cc1ncc2c(=O)[nH]c(N)nn12. The van der Waals surface area contributed by atoms with Crippen LogP contribution in [0.5, 0.6) is 0 Å². The smallest absolute Gasteiger partial charge is 0.278 e. The number of aromatic nitrogens is 4. The lowest BCUT2D eigenvalue weighted by molar-refractivity contribution is 0.854. The number of nitrogen functional groups attached to an aromatic ring is 1. The summed E-state index contributed by atoms with van der Waals surface area (Å²) in [6.07, 6.45) is 3.15. The van der Waals surface area contributed by atoms with E-state index in [0.29, 0.717) is 11.3 Å². The average Bonchev–Trinajstić information content (AvgIpc) is 2.67. The third kappa shape index (κ3) is 2.99. The van der Waals surface area contributed by atoms with Crippen molar-refractivity contribution >= 4 is 24.1 Å². The molecule has 6 nitrogen and oxygen atoms in total. The topological polar surface area (TPSA) is 89.1 Å². The van der Waals surface area contributed by atoms with Crippen molar-refractivity contribution in [1.29, 1.82) is 0 Å². The monoisotopic (exact) mass is 243 g/mol. The number of imidazole rings is 1. The van der Waals surface area contributed by atoms with Crippen LogP contribution in [0.3, 0.4) is 0 Å². The van der Waals surface area contributed by atoms with Crippen LogP contribution >= 0.6 is 12.6 Å². The molecule has 0 atom stereocenters. The maximum atomic E-state index is 11.2. The third-order valence-electron chi connectivity index (χ3n) is 1.59. The van der Waals surface area contributed by atoms with Gasteiger partial charge in [-0.3, -0.25) is 9.78 Å². The Kier molecular flexibility index (Phi) is 6.24. The summed E-state index contributed by atoms with van der Waals surface area (Å²) in [6.45, 7) is 5.75. The molecule has 0 aliphatic rings. The molecular formula is C9H17N5OS. The summed E-state index contributed by atoms with van der Waals surface area (Å²) in [7, 11) is 0. The largest absolute Gasteiger partial charge is 0.368 e. The van der Waals surface area contributed by atoms with Crippen LogP contribution in [-0.2, 0) is 0 Å². The van der Waals surface area contributed by atoms with Gasteiger partial charge in [-0.1, -0.05) is 13.8 Å². The summed E-state index contributed by atoms with van der Waals surface area (Å²) in [5.41, 5.74) is 5.47. The highest BCUT2D eigenvalue weighted by Crippen LogP contribution is 1.97. The van der Waals surface area contributed by atoms with Crippen LogP contribution in [0.1, 0.15) is 19.7 Å². The predicted molar refractivity (Wildman–Crippen MR) is 69.0 cm³/mol. The number of H-pyrrole nitrogens is 1. The molecular weight excluding hydrogens is 226 g/mol. The van der Waals surface area contributed by atoms with Gasteiger partial charge in [-0.25, -0.2) is 9.50 Å². The van der Waals surface area contributed by atoms with Gasteiger partial charge in [-0.2, -0.15) is 12.6 Å². The minimum Gasteiger partial charge on any atom is -0.368 e. The van der Waals surface area contributed by atoms with Gasteiger partial charge in [0.15, 0.2) is 5.52 Å². The molecule has 0 fully saturated rings. The number of nitrogens with one attached hydrogen (secondary N) is 1. The summed E-state index contributed by atoms with van der Waals surface area (Å²) in [6, 6.07) is 0. The van der Waals surface area contributed by atoms with Crippen LogP contribution < -0.4 is 11.3 Å². The molecule has 0 aliphatic carbocycles. The molecule has 0 aromatic carbocycles. The molecule has 7 heteroatoms. The third-order valence-corrected chi connectivity index (χ3v) is 1.59. The van der Waals surface area contributed by atoms with Crippen LogP contribution in [0.4, 0.5) is 5.95 Å². The second-order valence-corrected chi connectivity index (χ2v) is 2.44. The Bertz CT molecular complexity index is 490. The standard InChI is InChI=1S/C6H7N5O.C2H6.CH4S/c1-3-8-2-4-5(12)9-6(7)10-11(3)4;2*1-2/h2H,1H3,(H3,7,9,10,12);1-2H3;2H,1H3. The van der Waals surface area contributed by atoms with Gasteiger partial charge in [0.25, 0.3) is 5.56 Å². The number of thiol groups is 1. The molecule has 0 saturated heterocycles. The van der Waals surface area contributed by atoms with Crippen LogP contribution in [0.25, 0.3) is 5.52 Å². The van der Waals surface area contributed by atoms with Gasteiger partial charge in [0.05, 0.1) is 6.20 Å². The Balaban J connectivity index is 0.000000509. The minimum absolute atomic E-state index is 0.0913. The number of nitrogens with two attached hydrogens (primary N) is 1. The Labute approximate surface area is 99.3 Å². The summed E-state index contributed by atoms with van der Waals surface area (Å²) in [5.74, 6) is 0.733. The number of anilines is 1. The fourth-order valence-electron chi connectivity index (χ4n) is 1.03. The molecule has 0 unspecified atom stereocenters. The van der Waals surface area contributed by atoms with E-state index in [0.717, 1.165) is 0 Å². The van der Waals surface area contributed by atoms with Crippen molar-refractivity contribution in [1.82, 2.24) is 19.6 Å². The molecule has 90 valence electrons. The maximum Gasteiger partial charge on any atom is 0.278 e. The number of aromatic amines is 1.